The summed E-state index contributed by atoms with van der Waals surface area (Å²) in [7, 11) is 0. The molecule has 2 unspecified atom stereocenters. The Morgan fingerprint density at radius 3 is 2.52 bits per heavy atom. The summed E-state index contributed by atoms with van der Waals surface area (Å²) < 4.78 is 13.0. The van der Waals surface area contributed by atoms with Crippen LogP contribution in [0.15, 0.2) is 18.3 Å². The predicted molar refractivity (Wildman–Crippen MR) is 93.2 cm³/mol. The van der Waals surface area contributed by atoms with Crippen LogP contribution in [-0.4, -0.2) is 42.1 Å². The Labute approximate surface area is 139 Å². The summed E-state index contributed by atoms with van der Waals surface area (Å²) in [5.41, 5.74) is 0.481. The van der Waals surface area contributed by atoms with Crippen molar-refractivity contribution >= 4 is 5.82 Å². The molecule has 1 aromatic heterocycles. The quantitative estimate of drug-likeness (QED) is 0.838. The molecule has 0 amide bonds. The van der Waals surface area contributed by atoms with E-state index in [-0.39, 0.29) is 5.82 Å². The van der Waals surface area contributed by atoms with E-state index < -0.39 is 0 Å². The lowest BCUT2D eigenvalue weighted by Gasteiger charge is -2.39. The summed E-state index contributed by atoms with van der Waals surface area (Å²) >= 11 is 0. The van der Waals surface area contributed by atoms with Crippen molar-refractivity contribution in [1.82, 2.24) is 9.88 Å². The van der Waals surface area contributed by atoms with Crippen LogP contribution in [0, 0.1) is 17.2 Å². The van der Waals surface area contributed by atoms with Gasteiger partial charge in [0, 0.05) is 32.2 Å². The topological polar surface area (TPSA) is 19.4 Å². The van der Waals surface area contributed by atoms with E-state index >= 15 is 0 Å². The first-order valence-corrected chi connectivity index (χ1v) is 9.10. The lowest BCUT2D eigenvalue weighted by Crippen LogP contribution is -2.50. The van der Waals surface area contributed by atoms with Crippen LogP contribution in [0.4, 0.5) is 10.2 Å². The molecule has 0 bridgehead atoms. The van der Waals surface area contributed by atoms with Crippen LogP contribution in [0.3, 0.4) is 0 Å². The van der Waals surface area contributed by atoms with Crippen molar-refractivity contribution < 1.29 is 4.39 Å². The molecule has 2 aliphatic rings. The number of hydrogen-bond donors (Lipinski definition) is 0. The number of halogens is 1. The predicted octanol–water partition coefficient (Wildman–Crippen LogP) is 3.95. The molecule has 128 valence electrons. The van der Waals surface area contributed by atoms with Gasteiger partial charge in [-0.2, -0.15) is 0 Å². The Morgan fingerprint density at radius 2 is 1.91 bits per heavy atom. The van der Waals surface area contributed by atoms with Crippen LogP contribution in [-0.2, 0) is 0 Å². The van der Waals surface area contributed by atoms with E-state index in [4.69, 9.17) is 0 Å². The zero-order valence-corrected chi connectivity index (χ0v) is 14.8. The summed E-state index contributed by atoms with van der Waals surface area (Å²) in [5, 5.41) is 0. The number of rotatable bonds is 4. The molecule has 4 heteroatoms. The molecule has 1 saturated heterocycles. The van der Waals surface area contributed by atoms with Gasteiger partial charge in [-0.05, 0) is 42.7 Å². The monoisotopic (exact) mass is 319 g/mol. The molecule has 0 aromatic carbocycles. The van der Waals surface area contributed by atoms with Crippen molar-refractivity contribution in [3.05, 3.63) is 24.1 Å². The van der Waals surface area contributed by atoms with Gasteiger partial charge in [-0.1, -0.05) is 27.2 Å². The van der Waals surface area contributed by atoms with E-state index in [0.717, 1.165) is 44.0 Å². The summed E-state index contributed by atoms with van der Waals surface area (Å²) in [6, 6.07) is 4.05. The van der Waals surface area contributed by atoms with Crippen molar-refractivity contribution in [2.75, 3.05) is 31.1 Å². The highest BCUT2D eigenvalue weighted by Crippen LogP contribution is 2.43. The number of pyridine rings is 1. The molecule has 0 N–H and O–H groups in total. The van der Waals surface area contributed by atoms with Crippen LogP contribution < -0.4 is 4.90 Å². The smallest absolute Gasteiger partial charge is 0.141 e. The van der Waals surface area contributed by atoms with Gasteiger partial charge in [0.2, 0.25) is 0 Å². The van der Waals surface area contributed by atoms with Gasteiger partial charge in [0.25, 0.3) is 0 Å². The Balaban J connectivity index is 1.53. The zero-order valence-electron chi connectivity index (χ0n) is 14.8. The highest BCUT2D eigenvalue weighted by molar-refractivity contribution is 5.38. The minimum Gasteiger partial charge on any atom is -0.354 e. The molecule has 2 heterocycles. The molecule has 0 radical (unpaired) electrons. The van der Waals surface area contributed by atoms with Gasteiger partial charge in [-0.25, -0.2) is 9.37 Å². The first-order valence-electron chi connectivity index (χ1n) is 9.10. The summed E-state index contributed by atoms with van der Waals surface area (Å²) in [4.78, 5) is 9.16. The van der Waals surface area contributed by atoms with E-state index in [1.54, 1.807) is 6.07 Å². The maximum Gasteiger partial charge on any atom is 0.141 e. The van der Waals surface area contributed by atoms with Crippen LogP contribution in [0.25, 0.3) is 0 Å². The van der Waals surface area contributed by atoms with Gasteiger partial charge in [-0.3, -0.25) is 4.90 Å². The third-order valence-electron chi connectivity index (χ3n) is 6.29. The highest BCUT2D eigenvalue weighted by atomic mass is 19.1. The molecule has 1 aliphatic heterocycles. The first kappa shape index (κ1) is 16.7. The van der Waals surface area contributed by atoms with Crippen LogP contribution in [0.2, 0.25) is 0 Å². The molecule has 2 atom stereocenters. The normalized spacial score (nSPS) is 26.7. The molecule has 23 heavy (non-hydrogen) atoms. The number of aromatic nitrogens is 1. The standard InChI is InChI=1S/C19H30FN3/c1-4-19(2,3)15-5-7-17(13-15)22-9-11-23(12-10-22)18-8-6-16(20)14-21-18/h6,8,14-15,17H,4-5,7,9-13H2,1-3H3. The average molecular weight is 319 g/mol. The van der Waals surface area contributed by atoms with Crippen molar-refractivity contribution in [2.24, 2.45) is 11.3 Å². The van der Waals surface area contributed by atoms with E-state index in [1.165, 1.54) is 37.9 Å². The van der Waals surface area contributed by atoms with Gasteiger partial charge in [0.05, 0.1) is 6.20 Å². The summed E-state index contributed by atoms with van der Waals surface area (Å²) in [6.45, 7) is 11.4. The molecule has 0 spiro atoms. The molecular formula is C19H30FN3. The second kappa shape index (κ2) is 6.76. The fraction of sp³-hybridized carbons (Fsp3) is 0.737. The lowest BCUT2D eigenvalue weighted by atomic mass is 9.76. The number of hydrogen-bond acceptors (Lipinski definition) is 3. The van der Waals surface area contributed by atoms with Crippen molar-refractivity contribution in [3.63, 3.8) is 0 Å². The number of piperazine rings is 1. The number of nitrogens with zero attached hydrogens (tertiary/aromatic N) is 3. The fourth-order valence-electron chi connectivity index (χ4n) is 4.16. The van der Waals surface area contributed by atoms with Crippen LogP contribution >= 0.6 is 0 Å². The third-order valence-corrected chi connectivity index (χ3v) is 6.29. The molecule has 1 saturated carbocycles. The Morgan fingerprint density at radius 1 is 1.17 bits per heavy atom. The minimum atomic E-state index is -0.261. The summed E-state index contributed by atoms with van der Waals surface area (Å²) in [5.74, 6) is 1.51. The van der Waals surface area contributed by atoms with Gasteiger partial charge < -0.3 is 4.90 Å². The lowest BCUT2D eigenvalue weighted by molar-refractivity contribution is 0.158. The van der Waals surface area contributed by atoms with Crippen molar-refractivity contribution in [3.8, 4) is 0 Å². The van der Waals surface area contributed by atoms with E-state index in [1.807, 2.05) is 0 Å². The zero-order chi connectivity index (χ0) is 16.4. The Kier molecular flexibility index (Phi) is 4.90. The van der Waals surface area contributed by atoms with E-state index in [2.05, 4.69) is 35.6 Å². The average Bonchev–Trinajstić information content (AvgIpc) is 3.07. The molecule has 2 fully saturated rings. The largest absolute Gasteiger partial charge is 0.354 e. The maximum absolute atomic E-state index is 13.0. The van der Waals surface area contributed by atoms with Crippen LogP contribution in [0.1, 0.15) is 46.5 Å². The molecule has 3 rings (SSSR count). The highest BCUT2D eigenvalue weighted by Gasteiger charge is 2.37. The van der Waals surface area contributed by atoms with Crippen molar-refractivity contribution in [1.29, 1.82) is 0 Å². The Hall–Kier alpha value is -1.16. The third kappa shape index (κ3) is 3.68. The summed E-state index contributed by atoms with van der Waals surface area (Å²) in [6.07, 6.45) is 6.67. The van der Waals surface area contributed by atoms with Gasteiger partial charge in [0.15, 0.2) is 0 Å². The second-order valence-electron chi connectivity index (χ2n) is 7.86. The van der Waals surface area contributed by atoms with Crippen molar-refractivity contribution in [2.45, 2.75) is 52.5 Å². The molecule has 3 nitrogen and oxygen atoms in total. The first-order chi connectivity index (χ1) is 11.0. The Bertz CT molecular complexity index is 506. The number of anilines is 1. The van der Waals surface area contributed by atoms with E-state index in [0.29, 0.717) is 5.41 Å². The van der Waals surface area contributed by atoms with E-state index in [9.17, 15) is 4.39 Å². The fourth-order valence-corrected chi connectivity index (χ4v) is 4.16. The van der Waals surface area contributed by atoms with Gasteiger partial charge in [-0.15, -0.1) is 0 Å². The molecule has 1 aliphatic carbocycles. The second-order valence-corrected chi connectivity index (χ2v) is 7.86. The molecular weight excluding hydrogens is 289 g/mol. The maximum atomic E-state index is 13.0. The molecule has 1 aromatic rings. The van der Waals surface area contributed by atoms with Gasteiger partial charge in [0.1, 0.15) is 11.6 Å². The van der Waals surface area contributed by atoms with Crippen LogP contribution in [0.5, 0.6) is 0 Å². The minimum absolute atomic E-state index is 0.261. The van der Waals surface area contributed by atoms with Gasteiger partial charge >= 0.3 is 0 Å². The SMILES string of the molecule is CCC(C)(C)C1CCC(N2CCN(c3ccc(F)cn3)CC2)C1.